The largest absolute Gasteiger partial charge is 0.606 e. The van der Waals surface area contributed by atoms with Crippen molar-refractivity contribution in [2.24, 2.45) is 0 Å². The van der Waals surface area contributed by atoms with Crippen LogP contribution in [0.1, 0.15) is 127 Å². The Kier molecular flexibility index (Phi) is 23.5. The number of quaternary nitrogens is 2. The molecule has 0 unspecified atom stereocenters. The summed E-state index contributed by atoms with van der Waals surface area (Å²) in [7, 11) is 0. The zero-order chi connectivity index (χ0) is 35.0. The fourth-order valence-electron chi connectivity index (χ4n) is 6.70. The van der Waals surface area contributed by atoms with E-state index in [1.54, 1.807) is 0 Å². The summed E-state index contributed by atoms with van der Waals surface area (Å²) in [4.78, 5) is 22.0. The standard InChI is InChI=1S/C14H10O5S.2C12H28N/c15-13(16)9-1-5-11(6-2-9)20(19)12-7-3-10(4-8-12)14(17)18;2*1-5-9-13(10-6-2,11-7-3)12-8-4/h1-8H,(H,15,16)(H,17,18);2*5-12H2,1-4H3/q;2*+1/p-2. The first-order chi connectivity index (χ1) is 22.0. The number of benzene rings is 2. The minimum absolute atomic E-state index is 0.00181. The second kappa shape index (κ2) is 24.7. The summed E-state index contributed by atoms with van der Waals surface area (Å²) in [6, 6.07) is 10.9. The van der Waals surface area contributed by atoms with Gasteiger partial charge in [-0.2, -0.15) is 0 Å². The molecule has 2 aromatic carbocycles. The predicted molar refractivity (Wildman–Crippen MR) is 188 cm³/mol. The Morgan fingerprint density at radius 3 is 0.804 bits per heavy atom. The monoisotopic (exact) mass is 660 g/mol. The highest BCUT2D eigenvalue weighted by Crippen LogP contribution is 2.21. The number of hydrogen-bond acceptors (Lipinski definition) is 5. The third-order valence-electron chi connectivity index (χ3n) is 8.19. The van der Waals surface area contributed by atoms with Crippen molar-refractivity contribution in [3.63, 3.8) is 0 Å². The number of rotatable bonds is 20. The summed E-state index contributed by atoms with van der Waals surface area (Å²) in [5.41, 5.74) is -0.00361. The van der Waals surface area contributed by atoms with Gasteiger partial charge in [0.15, 0.2) is 9.79 Å². The van der Waals surface area contributed by atoms with Crippen molar-refractivity contribution in [3.05, 3.63) is 59.7 Å². The molecule has 46 heavy (non-hydrogen) atoms. The van der Waals surface area contributed by atoms with Crippen molar-refractivity contribution in [3.8, 4) is 0 Å². The Labute approximate surface area is 284 Å². The first-order valence-corrected chi connectivity index (χ1v) is 18.9. The fourth-order valence-corrected chi connectivity index (χ4v) is 7.74. The second-order valence-electron chi connectivity index (χ2n) is 12.4. The molecule has 7 nitrogen and oxygen atoms in total. The topological polar surface area (TPSA) is 103 Å². The summed E-state index contributed by atoms with van der Waals surface area (Å²) in [5.74, 6) is -2.61. The summed E-state index contributed by atoms with van der Waals surface area (Å²) in [6.45, 7) is 29.6. The average Bonchev–Trinajstić information content (AvgIpc) is 3.02. The lowest BCUT2D eigenvalue weighted by molar-refractivity contribution is -0.928. The van der Waals surface area contributed by atoms with Crippen molar-refractivity contribution in [2.75, 3.05) is 52.4 Å². The molecule has 0 aliphatic carbocycles. The molecule has 0 aliphatic heterocycles. The molecule has 0 N–H and O–H groups in total. The zero-order valence-electron chi connectivity index (χ0n) is 30.3. The quantitative estimate of drug-likeness (QED) is 0.120. The first-order valence-electron chi connectivity index (χ1n) is 17.7. The van der Waals surface area contributed by atoms with E-state index in [9.17, 15) is 24.4 Å². The lowest BCUT2D eigenvalue weighted by Crippen LogP contribution is -2.50. The molecular formula is C38H64N2O5S. The molecule has 0 spiro atoms. The van der Waals surface area contributed by atoms with Gasteiger partial charge in [-0.25, -0.2) is 0 Å². The van der Waals surface area contributed by atoms with E-state index in [1.165, 1.54) is 161 Å². The van der Waals surface area contributed by atoms with Crippen molar-refractivity contribution in [1.29, 1.82) is 0 Å². The minimum atomic E-state index is -1.52. The summed E-state index contributed by atoms with van der Waals surface area (Å²) in [6.07, 6.45) is 10.7. The smallest absolute Gasteiger partial charge is 0.158 e. The van der Waals surface area contributed by atoms with E-state index < -0.39 is 23.1 Å². The van der Waals surface area contributed by atoms with Crippen LogP contribution in [0.5, 0.6) is 0 Å². The molecule has 0 aromatic heterocycles. The Bertz CT molecular complexity index is 931. The van der Waals surface area contributed by atoms with Crippen LogP contribution >= 0.6 is 0 Å². The Hall–Kier alpha value is -2.39. The number of hydrogen-bond donors (Lipinski definition) is 0. The van der Waals surface area contributed by atoms with Gasteiger partial charge in [0.05, 0.1) is 64.3 Å². The van der Waals surface area contributed by atoms with Crippen molar-refractivity contribution >= 4 is 23.1 Å². The number of nitrogens with zero attached hydrogens (tertiary/aromatic N) is 2. The van der Waals surface area contributed by atoms with Crippen LogP contribution in [-0.4, -0.2) is 77.8 Å². The van der Waals surface area contributed by atoms with Crippen LogP contribution in [-0.2, 0) is 11.2 Å². The maximum atomic E-state index is 12.2. The predicted octanol–water partition coefficient (Wildman–Crippen LogP) is 6.47. The maximum absolute atomic E-state index is 12.2. The van der Waals surface area contributed by atoms with Crippen LogP contribution in [0.4, 0.5) is 0 Å². The number of carboxylic acids is 2. The Morgan fingerprint density at radius 2 is 0.652 bits per heavy atom. The van der Waals surface area contributed by atoms with Gasteiger partial charge in [-0.15, -0.1) is 0 Å². The van der Waals surface area contributed by atoms with Gasteiger partial charge in [-0.05, 0) is 111 Å². The highest BCUT2D eigenvalue weighted by atomic mass is 32.2. The molecule has 0 atom stereocenters. The molecule has 0 aliphatic rings. The number of aromatic carboxylic acids is 2. The minimum Gasteiger partial charge on any atom is -0.606 e. The Morgan fingerprint density at radius 1 is 0.457 bits per heavy atom. The van der Waals surface area contributed by atoms with E-state index >= 15 is 0 Å². The van der Waals surface area contributed by atoms with Gasteiger partial charge in [0, 0.05) is 11.2 Å². The van der Waals surface area contributed by atoms with Gasteiger partial charge >= 0.3 is 0 Å². The maximum Gasteiger partial charge on any atom is 0.158 e. The molecule has 0 fully saturated rings. The Balaban J connectivity index is 0.000000691. The molecule has 0 heterocycles. The van der Waals surface area contributed by atoms with E-state index in [0.717, 1.165) is 0 Å². The van der Waals surface area contributed by atoms with Crippen LogP contribution in [0.15, 0.2) is 58.3 Å². The molecular weight excluding hydrogens is 596 g/mol. The molecule has 2 aromatic rings. The van der Waals surface area contributed by atoms with E-state index in [0.29, 0.717) is 9.79 Å². The van der Waals surface area contributed by atoms with Crippen molar-refractivity contribution in [1.82, 2.24) is 0 Å². The third-order valence-corrected chi connectivity index (χ3v) is 9.59. The third kappa shape index (κ3) is 15.9. The van der Waals surface area contributed by atoms with Crippen LogP contribution in [0.2, 0.25) is 0 Å². The number of carbonyl (C=O) groups excluding carboxylic acids is 2. The van der Waals surface area contributed by atoms with Gasteiger partial charge in [0.1, 0.15) is 0 Å². The molecule has 0 bridgehead atoms. The van der Waals surface area contributed by atoms with E-state index in [4.69, 9.17) is 0 Å². The fraction of sp³-hybridized carbons (Fsp3) is 0.632. The van der Waals surface area contributed by atoms with Crippen LogP contribution in [0, 0.1) is 0 Å². The van der Waals surface area contributed by atoms with Gasteiger partial charge < -0.3 is 33.3 Å². The molecule has 262 valence electrons. The molecule has 0 radical (unpaired) electrons. The van der Waals surface area contributed by atoms with Gasteiger partial charge in [0.2, 0.25) is 0 Å². The normalized spacial score (nSPS) is 11.3. The zero-order valence-corrected chi connectivity index (χ0v) is 31.1. The SMILES string of the molecule is CCC[N+](CCC)(CCC)CCC.CCC[N+](CCC)(CCC)CCC.O=C([O-])c1ccc([S+]([O-])c2ccc(C(=O)[O-])cc2)cc1. The molecule has 8 heteroatoms. The van der Waals surface area contributed by atoms with Gasteiger partial charge in [-0.1, -0.05) is 55.4 Å². The highest BCUT2D eigenvalue weighted by molar-refractivity contribution is 7.91. The van der Waals surface area contributed by atoms with E-state index in [-0.39, 0.29) is 11.1 Å². The molecule has 0 saturated carbocycles. The number of carbonyl (C=O) groups is 2. The van der Waals surface area contributed by atoms with Crippen molar-refractivity contribution < 1.29 is 33.3 Å². The first kappa shape index (κ1) is 43.6. The second-order valence-corrected chi connectivity index (χ2v) is 13.8. The van der Waals surface area contributed by atoms with E-state index in [2.05, 4.69) is 55.4 Å². The van der Waals surface area contributed by atoms with Crippen molar-refractivity contribution in [2.45, 2.75) is 117 Å². The summed E-state index contributed by atoms with van der Waals surface area (Å²) in [5, 5.41) is 21.2. The lowest BCUT2D eigenvalue weighted by atomic mass is 10.2. The molecule has 2 rings (SSSR count). The number of carboxylic acid groups (broad SMARTS) is 2. The van der Waals surface area contributed by atoms with Crippen LogP contribution < -0.4 is 10.2 Å². The average molecular weight is 661 g/mol. The van der Waals surface area contributed by atoms with Crippen LogP contribution in [0.3, 0.4) is 0 Å². The van der Waals surface area contributed by atoms with Crippen LogP contribution in [0.25, 0.3) is 0 Å². The highest BCUT2D eigenvalue weighted by Gasteiger charge is 2.23. The van der Waals surface area contributed by atoms with Gasteiger partial charge in [-0.3, -0.25) is 0 Å². The lowest BCUT2D eigenvalue weighted by Gasteiger charge is -2.38. The summed E-state index contributed by atoms with van der Waals surface area (Å²) >= 11 is -1.52. The molecule has 0 amide bonds. The van der Waals surface area contributed by atoms with E-state index in [1.807, 2.05) is 0 Å². The summed E-state index contributed by atoms with van der Waals surface area (Å²) < 4.78 is 14.9. The van der Waals surface area contributed by atoms with Gasteiger partial charge in [0.25, 0.3) is 0 Å². The molecule has 0 saturated heterocycles.